The van der Waals surface area contributed by atoms with Crippen molar-refractivity contribution in [3.8, 4) is 6.07 Å². The number of Topliss-reactive ketones (excluding diaryl/α,β-unsaturated/α-hetero) is 1. The van der Waals surface area contributed by atoms with Gasteiger partial charge in [-0.05, 0) is 6.07 Å². The lowest BCUT2D eigenvalue weighted by molar-refractivity contribution is 0.102. The highest BCUT2D eigenvalue weighted by Gasteiger charge is 2.23. The van der Waals surface area contributed by atoms with E-state index in [-0.39, 0.29) is 23.6 Å². The molecule has 3 N–H and O–H groups in total. The number of halogens is 2. The Morgan fingerprint density at radius 3 is 2.75 bits per heavy atom. The fourth-order valence-electron chi connectivity index (χ4n) is 1.77. The van der Waals surface area contributed by atoms with Gasteiger partial charge < -0.3 is 15.8 Å². The summed E-state index contributed by atoms with van der Waals surface area (Å²) in [5, 5.41) is 12.0. The number of ketones is 1. The normalized spacial score (nSPS) is 17.1. The summed E-state index contributed by atoms with van der Waals surface area (Å²) in [7, 11) is 0. The third-order valence-corrected chi connectivity index (χ3v) is 2.79. The van der Waals surface area contributed by atoms with Gasteiger partial charge in [0.1, 0.15) is 35.6 Å². The number of benzene rings is 1. The summed E-state index contributed by atoms with van der Waals surface area (Å²) in [4.78, 5) is 12.2. The van der Waals surface area contributed by atoms with Crippen molar-refractivity contribution in [2.24, 2.45) is 0 Å². The van der Waals surface area contributed by atoms with Gasteiger partial charge in [-0.25, -0.2) is 8.78 Å². The SMILES string of the molecule is N#CC(C(=O)c1cc(N)c(F)cc1F)=C1CNCCO1. The number of nitrogen functional groups attached to an aromatic ring is 1. The summed E-state index contributed by atoms with van der Waals surface area (Å²) in [6.45, 7) is 1.10. The Morgan fingerprint density at radius 1 is 1.40 bits per heavy atom. The van der Waals surface area contributed by atoms with Crippen molar-refractivity contribution in [2.75, 3.05) is 25.4 Å². The Hall–Kier alpha value is -2.46. The molecule has 2 rings (SSSR count). The Bertz CT molecular complexity index is 627. The highest BCUT2D eigenvalue weighted by Crippen LogP contribution is 2.21. The zero-order valence-electron chi connectivity index (χ0n) is 10.4. The molecule has 0 saturated carbocycles. The first-order valence-corrected chi connectivity index (χ1v) is 5.80. The van der Waals surface area contributed by atoms with Gasteiger partial charge in [0.25, 0.3) is 0 Å². The lowest BCUT2D eigenvalue weighted by Gasteiger charge is -2.18. The van der Waals surface area contributed by atoms with E-state index in [2.05, 4.69) is 5.32 Å². The fourth-order valence-corrected chi connectivity index (χ4v) is 1.77. The predicted molar refractivity (Wildman–Crippen MR) is 66.6 cm³/mol. The molecule has 1 aliphatic rings. The number of rotatable bonds is 2. The molecule has 0 spiro atoms. The number of allylic oxidation sites excluding steroid dienone is 1. The third-order valence-electron chi connectivity index (χ3n) is 2.79. The number of carbonyl (C=O) groups is 1. The molecule has 5 nitrogen and oxygen atoms in total. The van der Waals surface area contributed by atoms with Gasteiger partial charge in [0.2, 0.25) is 5.78 Å². The number of nitrogens with zero attached hydrogens (tertiary/aromatic N) is 1. The first kappa shape index (κ1) is 14.0. The lowest BCUT2D eigenvalue weighted by Crippen LogP contribution is -2.31. The number of ether oxygens (including phenoxy) is 1. The average molecular weight is 279 g/mol. The molecule has 1 aromatic carbocycles. The Balaban J connectivity index is 2.44. The van der Waals surface area contributed by atoms with Crippen LogP contribution in [0.25, 0.3) is 0 Å². The third kappa shape index (κ3) is 2.60. The van der Waals surface area contributed by atoms with E-state index in [0.29, 0.717) is 19.2 Å². The largest absolute Gasteiger partial charge is 0.494 e. The van der Waals surface area contributed by atoms with Gasteiger partial charge in [0.15, 0.2) is 0 Å². The van der Waals surface area contributed by atoms with Crippen LogP contribution >= 0.6 is 0 Å². The summed E-state index contributed by atoms with van der Waals surface area (Å²) < 4.78 is 31.9. The van der Waals surface area contributed by atoms with Crippen LogP contribution in [-0.4, -0.2) is 25.5 Å². The summed E-state index contributed by atoms with van der Waals surface area (Å²) in [5.41, 5.74) is 4.18. The molecule has 1 heterocycles. The van der Waals surface area contributed by atoms with Crippen molar-refractivity contribution in [3.05, 3.63) is 40.7 Å². The van der Waals surface area contributed by atoms with E-state index in [1.165, 1.54) is 0 Å². The van der Waals surface area contributed by atoms with E-state index in [9.17, 15) is 13.6 Å². The molecular formula is C13H11F2N3O2. The zero-order chi connectivity index (χ0) is 14.7. The molecule has 0 atom stereocenters. The van der Waals surface area contributed by atoms with E-state index >= 15 is 0 Å². The van der Waals surface area contributed by atoms with Crippen LogP contribution in [-0.2, 0) is 4.74 Å². The van der Waals surface area contributed by atoms with Crippen molar-refractivity contribution in [1.82, 2.24) is 5.32 Å². The van der Waals surface area contributed by atoms with Gasteiger partial charge in [0, 0.05) is 12.6 Å². The summed E-state index contributed by atoms with van der Waals surface area (Å²) >= 11 is 0. The maximum atomic E-state index is 13.6. The molecule has 0 radical (unpaired) electrons. The molecule has 1 aliphatic heterocycles. The second-order valence-electron chi connectivity index (χ2n) is 4.12. The smallest absolute Gasteiger partial charge is 0.210 e. The molecule has 0 bridgehead atoms. The molecule has 1 fully saturated rings. The van der Waals surface area contributed by atoms with Gasteiger partial charge >= 0.3 is 0 Å². The maximum Gasteiger partial charge on any atom is 0.210 e. The highest BCUT2D eigenvalue weighted by atomic mass is 19.1. The quantitative estimate of drug-likeness (QED) is 0.366. The maximum absolute atomic E-state index is 13.6. The molecule has 0 unspecified atom stereocenters. The van der Waals surface area contributed by atoms with E-state index in [1.54, 1.807) is 6.07 Å². The highest BCUT2D eigenvalue weighted by molar-refractivity contribution is 6.12. The van der Waals surface area contributed by atoms with Crippen molar-refractivity contribution in [3.63, 3.8) is 0 Å². The first-order chi connectivity index (χ1) is 9.54. The Kier molecular flexibility index (Phi) is 3.96. The van der Waals surface area contributed by atoms with Crippen molar-refractivity contribution < 1.29 is 18.3 Å². The molecular weight excluding hydrogens is 268 g/mol. The van der Waals surface area contributed by atoms with Crippen LogP contribution < -0.4 is 11.1 Å². The second kappa shape index (κ2) is 5.67. The van der Waals surface area contributed by atoms with Crippen LogP contribution in [0.5, 0.6) is 0 Å². The summed E-state index contributed by atoms with van der Waals surface area (Å²) in [6, 6.07) is 3.09. The van der Waals surface area contributed by atoms with Gasteiger partial charge in [-0.2, -0.15) is 5.26 Å². The van der Waals surface area contributed by atoms with Crippen LogP contribution in [0.3, 0.4) is 0 Å². The molecule has 0 aliphatic carbocycles. The van der Waals surface area contributed by atoms with Crippen LogP contribution in [0, 0.1) is 23.0 Å². The number of carbonyl (C=O) groups excluding carboxylic acids is 1. The first-order valence-electron chi connectivity index (χ1n) is 5.80. The zero-order valence-corrected chi connectivity index (χ0v) is 10.4. The molecule has 104 valence electrons. The second-order valence-corrected chi connectivity index (χ2v) is 4.12. The molecule has 0 aromatic heterocycles. The monoisotopic (exact) mass is 279 g/mol. The van der Waals surface area contributed by atoms with Gasteiger partial charge in [-0.3, -0.25) is 4.79 Å². The number of hydrogen-bond donors (Lipinski definition) is 2. The standard InChI is InChI=1S/C13H11F2N3O2/c14-9-4-10(15)11(17)3-7(9)13(19)8(5-16)12-6-18-1-2-20-12/h3-4,18H,1-2,6,17H2. The van der Waals surface area contributed by atoms with Crippen molar-refractivity contribution in [1.29, 1.82) is 5.26 Å². The van der Waals surface area contributed by atoms with E-state index in [0.717, 1.165) is 6.07 Å². The van der Waals surface area contributed by atoms with Crippen LogP contribution in [0.15, 0.2) is 23.5 Å². The van der Waals surface area contributed by atoms with Crippen LogP contribution in [0.2, 0.25) is 0 Å². The Morgan fingerprint density at radius 2 is 2.15 bits per heavy atom. The van der Waals surface area contributed by atoms with Gasteiger partial charge in [0.05, 0.1) is 17.8 Å². The van der Waals surface area contributed by atoms with Crippen molar-refractivity contribution >= 4 is 11.5 Å². The van der Waals surface area contributed by atoms with E-state index in [4.69, 9.17) is 15.7 Å². The van der Waals surface area contributed by atoms with Crippen molar-refractivity contribution in [2.45, 2.75) is 0 Å². The van der Waals surface area contributed by atoms with Crippen LogP contribution in [0.1, 0.15) is 10.4 Å². The number of hydrogen-bond acceptors (Lipinski definition) is 5. The lowest BCUT2D eigenvalue weighted by atomic mass is 10.0. The molecule has 0 amide bonds. The van der Waals surface area contributed by atoms with E-state index < -0.39 is 23.0 Å². The Labute approximate surface area is 113 Å². The number of morpholine rings is 1. The molecule has 1 saturated heterocycles. The van der Waals surface area contributed by atoms with Gasteiger partial charge in [-0.1, -0.05) is 0 Å². The minimum absolute atomic E-state index is 0.144. The summed E-state index contributed by atoms with van der Waals surface area (Å²) in [5.74, 6) is -2.76. The minimum atomic E-state index is -1.07. The summed E-state index contributed by atoms with van der Waals surface area (Å²) in [6.07, 6.45) is 0. The number of nitrogens with one attached hydrogen (secondary N) is 1. The topological polar surface area (TPSA) is 88.1 Å². The van der Waals surface area contributed by atoms with Crippen LogP contribution in [0.4, 0.5) is 14.5 Å². The minimum Gasteiger partial charge on any atom is -0.494 e. The molecule has 20 heavy (non-hydrogen) atoms. The van der Waals surface area contributed by atoms with E-state index in [1.807, 2.05) is 0 Å². The molecule has 7 heteroatoms. The number of nitriles is 1. The van der Waals surface area contributed by atoms with Gasteiger partial charge in [-0.15, -0.1) is 0 Å². The fraction of sp³-hybridized carbons (Fsp3) is 0.231. The molecule has 1 aromatic rings. The number of anilines is 1. The number of nitrogens with two attached hydrogens (primary N) is 1. The average Bonchev–Trinajstić information content (AvgIpc) is 2.44. The predicted octanol–water partition coefficient (Wildman–Crippen LogP) is 1.13.